The molecule has 0 radical (unpaired) electrons. The third-order valence-corrected chi connectivity index (χ3v) is 6.98. The van der Waals surface area contributed by atoms with Crippen molar-refractivity contribution in [1.29, 1.82) is 0 Å². The zero-order chi connectivity index (χ0) is 24.8. The highest BCUT2D eigenvalue weighted by atomic mass is 15.0. The molecule has 7 rings (SSSR count). The van der Waals surface area contributed by atoms with Crippen LogP contribution in [-0.4, -0.2) is 15.0 Å². The Labute approximate surface area is 215 Å². The van der Waals surface area contributed by atoms with Crippen LogP contribution in [-0.2, 0) is 0 Å². The average molecular weight is 474 g/mol. The molecule has 174 valence electrons. The second kappa shape index (κ2) is 8.65. The predicted molar refractivity (Wildman–Crippen MR) is 153 cm³/mol. The van der Waals surface area contributed by atoms with Gasteiger partial charge in [-0.25, -0.2) is 15.0 Å². The van der Waals surface area contributed by atoms with Crippen molar-refractivity contribution < 1.29 is 0 Å². The summed E-state index contributed by atoms with van der Waals surface area (Å²) in [6.07, 6.45) is 0. The molecule has 0 N–H and O–H groups in total. The molecule has 0 spiro atoms. The van der Waals surface area contributed by atoms with Crippen LogP contribution in [0.1, 0.15) is 5.82 Å². The van der Waals surface area contributed by atoms with Gasteiger partial charge in [0.05, 0.1) is 0 Å². The topological polar surface area (TPSA) is 38.7 Å². The number of aromatic nitrogens is 3. The Morgan fingerprint density at radius 1 is 0.351 bits per heavy atom. The summed E-state index contributed by atoms with van der Waals surface area (Å²) >= 11 is 0. The summed E-state index contributed by atoms with van der Waals surface area (Å²) < 4.78 is 0. The van der Waals surface area contributed by atoms with Gasteiger partial charge in [-0.2, -0.15) is 0 Å². The smallest absolute Gasteiger partial charge is 0.163 e. The van der Waals surface area contributed by atoms with E-state index in [2.05, 4.69) is 115 Å². The first-order valence-electron chi connectivity index (χ1n) is 12.5. The van der Waals surface area contributed by atoms with E-state index in [1.807, 2.05) is 13.0 Å². The summed E-state index contributed by atoms with van der Waals surface area (Å²) in [5, 5.41) is 7.47. The van der Waals surface area contributed by atoms with Gasteiger partial charge in [0.25, 0.3) is 0 Å². The van der Waals surface area contributed by atoms with Crippen LogP contribution < -0.4 is 0 Å². The van der Waals surface area contributed by atoms with Gasteiger partial charge in [0, 0.05) is 11.1 Å². The fourth-order valence-electron chi connectivity index (χ4n) is 5.26. The van der Waals surface area contributed by atoms with Gasteiger partial charge in [0.15, 0.2) is 11.6 Å². The first kappa shape index (κ1) is 21.4. The van der Waals surface area contributed by atoms with Crippen LogP contribution in [0.5, 0.6) is 0 Å². The first-order chi connectivity index (χ1) is 18.2. The van der Waals surface area contributed by atoms with Gasteiger partial charge in [-0.05, 0) is 62.5 Å². The Kier molecular flexibility index (Phi) is 5.00. The molecule has 0 aliphatic carbocycles. The Balaban J connectivity index is 1.40. The van der Waals surface area contributed by atoms with Crippen molar-refractivity contribution in [2.24, 2.45) is 0 Å². The van der Waals surface area contributed by atoms with Crippen molar-refractivity contribution in [2.45, 2.75) is 6.92 Å². The van der Waals surface area contributed by atoms with E-state index in [1.165, 1.54) is 37.9 Å². The lowest BCUT2D eigenvalue weighted by atomic mass is 9.93. The Hall–Kier alpha value is -4.89. The molecule has 1 aromatic heterocycles. The molecule has 3 heteroatoms. The summed E-state index contributed by atoms with van der Waals surface area (Å²) in [7, 11) is 0. The highest BCUT2D eigenvalue weighted by Crippen LogP contribution is 2.36. The largest absolute Gasteiger partial charge is 0.213 e. The third kappa shape index (κ3) is 3.73. The molecular formula is C34H23N3. The normalized spacial score (nSPS) is 11.4. The van der Waals surface area contributed by atoms with Gasteiger partial charge in [-0.3, -0.25) is 0 Å². The first-order valence-corrected chi connectivity index (χ1v) is 12.5. The van der Waals surface area contributed by atoms with Crippen LogP contribution in [0.25, 0.3) is 66.2 Å². The van der Waals surface area contributed by atoms with E-state index in [1.54, 1.807) is 0 Å². The maximum atomic E-state index is 4.94. The van der Waals surface area contributed by atoms with Crippen molar-refractivity contribution in [1.82, 2.24) is 15.0 Å². The average Bonchev–Trinajstić information content (AvgIpc) is 2.97. The Morgan fingerprint density at radius 3 is 1.49 bits per heavy atom. The molecule has 0 saturated heterocycles. The summed E-state index contributed by atoms with van der Waals surface area (Å²) in [6, 6.07) is 42.6. The quantitative estimate of drug-likeness (QED) is 0.241. The van der Waals surface area contributed by atoms with E-state index < -0.39 is 0 Å². The van der Waals surface area contributed by atoms with E-state index in [4.69, 9.17) is 15.0 Å². The third-order valence-electron chi connectivity index (χ3n) is 6.98. The molecule has 0 aliphatic heterocycles. The lowest BCUT2D eigenvalue weighted by Gasteiger charge is -2.12. The van der Waals surface area contributed by atoms with Crippen molar-refractivity contribution >= 4 is 32.3 Å². The zero-order valence-electron chi connectivity index (χ0n) is 20.4. The molecule has 0 unspecified atom stereocenters. The summed E-state index contributed by atoms with van der Waals surface area (Å²) in [5.74, 6) is 2.07. The van der Waals surface area contributed by atoms with Crippen LogP contribution in [0.4, 0.5) is 0 Å². The molecule has 0 fully saturated rings. The van der Waals surface area contributed by atoms with Crippen LogP contribution in [0.15, 0.2) is 121 Å². The number of fused-ring (bicyclic) bond motifs is 6. The molecule has 0 bridgehead atoms. The molecule has 0 atom stereocenters. The molecule has 3 nitrogen and oxygen atoms in total. The molecule has 1 heterocycles. The second-order valence-corrected chi connectivity index (χ2v) is 9.33. The monoisotopic (exact) mass is 473 g/mol. The van der Waals surface area contributed by atoms with Crippen LogP contribution in [0.3, 0.4) is 0 Å². The fourth-order valence-corrected chi connectivity index (χ4v) is 5.26. The summed E-state index contributed by atoms with van der Waals surface area (Å²) in [6.45, 7) is 1.93. The maximum absolute atomic E-state index is 4.94. The van der Waals surface area contributed by atoms with E-state index in [9.17, 15) is 0 Å². The number of aryl methyl sites for hydroxylation is 1. The van der Waals surface area contributed by atoms with Crippen molar-refractivity contribution in [2.75, 3.05) is 0 Å². The number of benzene rings is 6. The number of nitrogens with zero attached hydrogens (tertiary/aromatic N) is 3. The molecule has 6 aromatic carbocycles. The minimum absolute atomic E-state index is 0.684. The van der Waals surface area contributed by atoms with Crippen molar-refractivity contribution in [3.8, 4) is 33.9 Å². The summed E-state index contributed by atoms with van der Waals surface area (Å²) in [4.78, 5) is 14.4. The number of rotatable bonds is 3. The van der Waals surface area contributed by atoms with Crippen LogP contribution in [0.2, 0.25) is 0 Å². The van der Waals surface area contributed by atoms with E-state index in [0.717, 1.165) is 16.7 Å². The molecule has 37 heavy (non-hydrogen) atoms. The minimum atomic E-state index is 0.684. The van der Waals surface area contributed by atoms with Gasteiger partial charge in [0.1, 0.15) is 5.82 Å². The molecule has 7 aromatic rings. The molecule has 0 amide bonds. The van der Waals surface area contributed by atoms with Gasteiger partial charge in [-0.15, -0.1) is 0 Å². The Bertz CT molecular complexity index is 1910. The second-order valence-electron chi connectivity index (χ2n) is 9.33. The molecule has 0 saturated carbocycles. The van der Waals surface area contributed by atoms with Crippen LogP contribution in [0, 0.1) is 6.92 Å². The fraction of sp³-hybridized carbons (Fsp3) is 0.0294. The molecule has 0 aliphatic rings. The number of hydrogen-bond donors (Lipinski definition) is 0. The van der Waals surface area contributed by atoms with E-state index in [-0.39, 0.29) is 0 Å². The zero-order valence-corrected chi connectivity index (χ0v) is 20.4. The van der Waals surface area contributed by atoms with Gasteiger partial charge in [-0.1, -0.05) is 109 Å². The van der Waals surface area contributed by atoms with Crippen molar-refractivity contribution in [3.05, 3.63) is 127 Å². The minimum Gasteiger partial charge on any atom is -0.213 e. The highest BCUT2D eigenvalue weighted by molar-refractivity contribution is 6.25. The van der Waals surface area contributed by atoms with Crippen LogP contribution >= 0.6 is 0 Å². The molecular weight excluding hydrogens is 450 g/mol. The van der Waals surface area contributed by atoms with Crippen molar-refractivity contribution in [3.63, 3.8) is 0 Å². The lowest BCUT2D eigenvalue weighted by Crippen LogP contribution is -1.99. The predicted octanol–water partition coefficient (Wildman–Crippen LogP) is 8.64. The standard InChI is InChI=1S/C34H23N3/c1-22-35-33(25-13-9-12-24(20-25)23-10-3-2-4-11-23)37-34(36-22)26-18-19-31-29-16-6-5-14-27(29)28-15-7-8-17-30(28)32(31)21-26/h2-21H,1H3. The Morgan fingerprint density at radius 2 is 0.838 bits per heavy atom. The SMILES string of the molecule is Cc1nc(-c2cccc(-c3ccccc3)c2)nc(-c2ccc3c4ccccc4c4ccccc4c3c2)n1. The number of hydrogen-bond acceptors (Lipinski definition) is 3. The maximum Gasteiger partial charge on any atom is 0.163 e. The summed E-state index contributed by atoms with van der Waals surface area (Å²) in [5.41, 5.74) is 4.27. The highest BCUT2D eigenvalue weighted by Gasteiger charge is 2.13. The van der Waals surface area contributed by atoms with Gasteiger partial charge >= 0.3 is 0 Å². The van der Waals surface area contributed by atoms with Gasteiger partial charge in [0.2, 0.25) is 0 Å². The van der Waals surface area contributed by atoms with E-state index >= 15 is 0 Å². The van der Waals surface area contributed by atoms with E-state index in [0.29, 0.717) is 17.5 Å². The lowest BCUT2D eigenvalue weighted by molar-refractivity contribution is 0.992. The van der Waals surface area contributed by atoms with Gasteiger partial charge < -0.3 is 0 Å².